The van der Waals surface area contributed by atoms with E-state index in [1.807, 2.05) is 30.3 Å². The molecule has 5 heteroatoms. The first-order valence-electron chi connectivity index (χ1n) is 7.87. The molecule has 0 spiro atoms. The van der Waals surface area contributed by atoms with Gasteiger partial charge in [0, 0.05) is 44.0 Å². The van der Waals surface area contributed by atoms with Gasteiger partial charge in [0.05, 0.1) is 5.69 Å². The van der Waals surface area contributed by atoms with Crippen molar-refractivity contribution in [2.75, 3.05) is 19.6 Å². The lowest BCUT2D eigenvalue weighted by Crippen LogP contribution is -2.48. The van der Waals surface area contributed by atoms with Crippen molar-refractivity contribution < 1.29 is 4.74 Å². The van der Waals surface area contributed by atoms with E-state index in [0.717, 1.165) is 37.6 Å². The first-order valence-corrected chi connectivity index (χ1v) is 7.87. The molecule has 1 aliphatic rings. The molecule has 0 bridgehead atoms. The van der Waals surface area contributed by atoms with E-state index in [-0.39, 0.29) is 12.4 Å². The van der Waals surface area contributed by atoms with Crippen molar-refractivity contribution in [1.82, 2.24) is 15.2 Å². The second kappa shape index (κ2) is 8.87. The number of hydrogen-bond donors (Lipinski definition) is 1. The third-order valence-corrected chi connectivity index (χ3v) is 3.92. The molecular weight excluding hydrogens is 310 g/mol. The third-order valence-electron chi connectivity index (χ3n) is 3.92. The molecule has 0 radical (unpaired) electrons. The van der Waals surface area contributed by atoms with Crippen LogP contribution in [0.3, 0.4) is 0 Å². The van der Waals surface area contributed by atoms with E-state index in [2.05, 4.69) is 34.3 Å². The molecule has 0 aliphatic carbocycles. The third kappa shape index (κ3) is 5.20. The fourth-order valence-corrected chi connectivity index (χ4v) is 2.81. The molecule has 4 nitrogen and oxygen atoms in total. The van der Waals surface area contributed by atoms with Crippen LogP contribution >= 0.6 is 12.4 Å². The minimum atomic E-state index is 0. The Hall–Kier alpha value is -1.62. The molecule has 1 N–H and O–H groups in total. The Morgan fingerprint density at radius 2 is 2.04 bits per heavy atom. The van der Waals surface area contributed by atoms with Gasteiger partial charge < -0.3 is 10.1 Å². The molecule has 0 amide bonds. The SMILES string of the molecule is C[C@@H]1CN(Cc2ccccc2OCc2ccccn2)CCN1.Cl. The smallest absolute Gasteiger partial charge is 0.130 e. The van der Waals surface area contributed by atoms with Gasteiger partial charge in [0.15, 0.2) is 0 Å². The van der Waals surface area contributed by atoms with Gasteiger partial charge in [-0.3, -0.25) is 9.88 Å². The van der Waals surface area contributed by atoms with Crippen LogP contribution < -0.4 is 10.1 Å². The lowest BCUT2D eigenvalue weighted by Gasteiger charge is -2.32. The zero-order chi connectivity index (χ0) is 15.2. The molecular formula is C18H24ClN3O. The summed E-state index contributed by atoms with van der Waals surface area (Å²) >= 11 is 0. The van der Waals surface area contributed by atoms with Crippen LogP contribution in [0.4, 0.5) is 0 Å². The highest BCUT2D eigenvalue weighted by Crippen LogP contribution is 2.21. The summed E-state index contributed by atoms with van der Waals surface area (Å²) in [5.74, 6) is 0.958. The number of nitrogens with zero attached hydrogens (tertiary/aromatic N) is 2. The van der Waals surface area contributed by atoms with E-state index in [9.17, 15) is 0 Å². The van der Waals surface area contributed by atoms with E-state index < -0.39 is 0 Å². The quantitative estimate of drug-likeness (QED) is 0.913. The molecule has 23 heavy (non-hydrogen) atoms. The van der Waals surface area contributed by atoms with Crippen molar-refractivity contribution in [3.8, 4) is 5.75 Å². The molecule has 3 rings (SSSR count). The zero-order valence-corrected chi connectivity index (χ0v) is 14.3. The molecule has 1 fully saturated rings. The fourth-order valence-electron chi connectivity index (χ4n) is 2.81. The molecule has 2 heterocycles. The maximum atomic E-state index is 5.99. The van der Waals surface area contributed by atoms with Crippen molar-refractivity contribution in [3.05, 3.63) is 59.9 Å². The summed E-state index contributed by atoms with van der Waals surface area (Å²) in [6.45, 7) is 6.89. The van der Waals surface area contributed by atoms with Gasteiger partial charge >= 0.3 is 0 Å². The molecule has 1 aliphatic heterocycles. The largest absolute Gasteiger partial charge is 0.487 e. The summed E-state index contributed by atoms with van der Waals surface area (Å²) in [6, 6.07) is 14.7. The Bertz CT molecular complexity index is 594. The first-order chi connectivity index (χ1) is 10.8. The highest BCUT2D eigenvalue weighted by molar-refractivity contribution is 5.85. The van der Waals surface area contributed by atoms with Crippen LogP contribution in [0.1, 0.15) is 18.2 Å². The standard InChI is InChI=1S/C18H23N3O.ClH/c1-15-12-21(11-10-19-15)13-16-6-2-3-8-18(16)22-14-17-7-4-5-9-20-17;/h2-9,15,19H,10-14H2,1H3;1H/t15-;/m1./s1. The highest BCUT2D eigenvalue weighted by atomic mass is 35.5. The lowest BCUT2D eigenvalue weighted by atomic mass is 10.1. The summed E-state index contributed by atoms with van der Waals surface area (Å²) < 4.78 is 5.99. The topological polar surface area (TPSA) is 37.4 Å². The van der Waals surface area contributed by atoms with Crippen molar-refractivity contribution in [1.29, 1.82) is 0 Å². The number of halogens is 1. The van der Waals surface area contributed by atoms with Crippen molar-refractivity contribution >= 4 is 12.4 Å². The monoisotopic (exact) mass is 333 g/mol. The number of aromatic nitrogens is 1. The Morgan fingerprint density at radius 3 is 2.83 bits per heavy atom. The van der Waals surface area contributed by atoms with E-state index >= 15 is 0 Å². The van der Waals surface area contributed by atoms with Crippen molar-refractivity contribution in [2.45, 2.75) is 26.1 Å². The number of benzene rings is 1. The van der Waals surface area contributed by atoms with Gasteiger partial charge in [0.1, 0.15) is 12.4 Å². The van der Waals surface area contributed by atoms with Crippen LogP contribution in [-0.2, 0) is 13.2 Å². The first kappa shape index (κ1) is 17.7. The van der Waals surface area contributed by atoms with E-state index in [0.29, 0.717) is 12.6 Å². The molecule has 124 valence electrons. The number of rotatable bonds is 5. The number of nitrogens with one attached hydrogen (secondary N) is 1. The van der Waals surface area contributed by atoms with Gasteiger partial charge in [-0.05, 0) is 25.1 Å². The van der Waals surface area contributed by atoms with Crippen LogP contribution in [-0.4, -0.2) is 35.6 Å². The predicted molar refractivity (Wildman–Crippen MR) is 95.0 cm³/mol. The maximum Gasteiger partial charge on any atom is 0.130 e. The van der Waals surface area contributed by atoms with Gasteiger partial charge in [-0.1, -0.05) is 24.3 Å². The van der Waals surface area contributed by atoms with Gasteiger partial charge in [-0.15, -0.1) is 12.4 Å². The summed E-state index contributed by atoms with van der Waals surface area (Å²) in [5.41, 5.74) is 2.20. The van der Waals surface area contributed by atoms with E-state index in [1.165, 1.54) is 5.56 Å². The Kier molecular flexibility index (Phi) is 6.84. The number of hydrogen-bond acceptors (Lipinski definition) is 4. The minimum Gasteiger partial charge on any atom is -0.487 e. The average Bonchev–Trinajstić information content (AvgIpc) is 2.55. The average molecular weight is 334 g/mol. The van der Waals surface area contributed by atoms with Crippen LogP contribution in [0.15, 0.2) is 48.7 Å². The van der Waals surface area contributed by atoms with Crippen LogP contribution in [0, 0.1) is 0 Å². The Labute approximate surface area is 144 Å². The Morgan fingerprint density at radius 1 is 1.22 bits per heavy atom. The van der Waals surface area contributed by atoms with Crippen LogP contribution in [0.25, 0.3) is 0 Å². The molecule has 1 atom stereocenters. The number of pyridine rings is 1. The fraction of sp³-hybridized carbons (Fsp3) is 0.389. The van der Waals surface area contributed by atoms with Gasteiger partial charge in [-0.2, -0.15) is 0 Å². The van der Waals surface area contributed by atoms with Crippen molar-refractivity contribution in [3.63, 3.8) is 0 Å². The predicted octanol–water partition coefficient (Wildman–Crippen LogP) is 2.88. The minimum absolute atomic E-state index is 0. The number of ether oxygens (including phenoxy) is 1. The second-order valence-electron chi connectivity index (χ2n) is 5.81. The molecule has 2 aromatic rings. The highest BCUT2D eigenvalue weighted by Gasteiger charge is 2.17. The van der Waals surface area contributed by atoms with Gasteiger partial charge in [-0.25, -0.2) is 0 Å². The Balaban J connectivity index is 0.00000192. The molecule has 1 aromatic heterocycles. The summed E-state index contributed by atoms with van der Waals surface area (Å²) in [6.07, 6.45) is 1.80. The zero-order valence-electron chi connectivity index (χ0n) is 13.4. The second-order valence-corrected chi connectivity index (χ2v) is 5.81. The van der Waals surface area contributed by atoms with Crippen molar-refractivity contribution in [2.24, 2.45) is 0 Å². The summed E-state index contributed by atoms with van der Waals surface area (Å²) in [5, 5.41) is 3.48. The summed E-state index contributed by atoms with van der Waals surface area (Å²) in [7, 11) is 0. The summed E-state index contributed by atoms with van der Waals surface area (Å²) in [4.78, 5) is 6.78. The van der Waals surface area contributed by atoms with Crippen LogP contribution in [0.5, 0.6) is 5.75 Å². The van der Waals surface area contributed by atoms with Gasteiger partial charge in [0.25, 0.3) is 0 Å². The lowest BCUT2D eigenvalue weighted by molar-refractivity contribution is 0.195. The number of piperazine rings is 1. The van der Waals surface area contributed by atoms with E-state index in [1.54, 1.807) is 6.20 Å². The normalized spacial score (nSPS) is 18.2. The van der Waals surface area contributed by atoms with E-state index in [4.69, 9.17) is 4.74 Å². The molecule has 1 saturated heterocycles. The van der Waals surface area contributed by atoms with Crippen LogP contribution in [0.2, 0.25) is 0 Å². The van der Waals surface area contributed by atoms with Gasteiger partial charge in [0.2, 0.25) is 0 Å². The molecule has 1 aromatic carbocycles. The maximum absolute atomic E-state index is 5.99. The number of para-hydroxylation sites is 1. The molecule has 0 unspecified atom stereocenters. The molecule has 0 saturated carbocycles.